The van der Waals surface area contributed by atoms with Crippen LogP contribution in [0.4, 0.5) is 4.39 Å². The molecule has 1 amide bonds. The summed E-state index contributed by atoms with van der Waals surface area (Å²) in [7, 11) is 1.66. The smallest absolute Gasteiger partial charge is 0.240 e. The number of nitriles is 1. The predicted molar refractivity (Wildman–Crippen MR) is 86.5 cm³/mol. The maximum atomic E-state index is 13.5. The summed E-state index contributed by atoms with van der Waals surface area (Å²) < 4.78 is 19.0. The highest BCUT2D eigenvalue weighted by Crippen LogP contribution is 2.26. The minimum atomic E-state index is -0.512. The predicted octanol–water partition coefficient (Wildman–Crippen LogP) is 1.91. The monoisotopic (exact) mass is 331 g/mol. The molecule has 5 nitrogen and oxygen atoms in total. The number of carbonyl (C=O) groups excluding carboxylic acids is 1. The molecule has 2 aliphatic rings. The van der Waals surface area contributed by atoms with Crippen LogP contribution in [-0.4, -0.2) is 54.6 Å². The van der Waals surface area contributed by atoms with Gasteiger partial charge in [0, 0.05) is 33.3 Å². The van der Waals surface area contributed by atoms with Gasteiger partial charge >= 0.3 is 0 Å². The molecule has 1 aromatic rings. The lowest BCUT2D eigenvalue weighted by atomic mass is 10.1. The van der Waals surface area contributed by atoms with Crippen molar-refractivity contribution in [2.24, 2.45) is 0 Å². The summed E-state index contributed by atoms with van der Waals surface area (Å²) in [5, 5.41) is 8.98. The maximum absolute atomic E-state index is 13.5. The van der Waals surface area contributed by atoms with Crippen molar-refractivity contribution in [2.45, 2.75) is 38.0 Å². The zero-order chi connectivity index (χ0) is 17.1. The number of benzene rings is 1. The lowest BCUT2D eigenvalue weighted by Crippen LogP contribution is -2.44. The second-order valence-corrected chi connectivity index (χ2v) is 6.50. The minimum Gasteiger partial charge on any atom is -0.380 e. The molecule has 0 aromatic heterocycles. The fourth-order valence-corrected chi connectivity index (χ4v) is 3.60. The Hall–Kier alpha value is -1.97. The van der Waals surface area contributed by atoms with E-state index in [1.807, 2.05) is 11.0 Å². The molecule has 0 aliphatic carbocycles. The summed E-state index contributed by atoms with van der Waals surface area (Å²) in [6.45, 7) is 2.84. The van der Waals surface area contributed by atoms with Crippen LogP contribution in [-0.2, 0) is 16.1 Å². The van der Waals surface area contributed by atoms with Crippen molar-refractivity contribution < 1.29 is 13.9 Å². The van der Waals surface area contributed by atoms with Crippen LogP contribution in [0.1, 0.15) is 30.4 Å². The highest BCUT2D eigenvalue weighted by atomic mass is 19.1. The Bertz CT molecular complexity index is 652. The van der Waals surface area contributed by atoms with Gasteiger partial charge in [-0.2, -0.15) is 5.26 Å². The van der Waals surface area contributed by atoms with Gasteiger partial charge in [0.15, 0.2) is 0 Å². The van der Waals surface area contributed by atoms with Gasteiger partial charge in [-0.1, -0.05) is 6.07 Å². The first-order valence-electron chi connectivity index (χ1n) is 8.36. The van der Waals surface area contributed by atoms with Gasteiger partial charge in [-0.05, 0) is 37.0 Å². The van der Waals surface area contributed by atoms with Crippen molar-refractivity contribution in [3.63, 3.8) is 0 Å². The van der Waals surface area contributed by atoms with Crippen LogP contribution in [0.3, 0.4) is 0 Å². The molecular formula is C18H22FN3O2. The van der Waals surface area contributed by atoms with Gasteiger partial charge in [-0.3, -0.25) is 9.69 Å². The van der Waals surface area contributed by atoms with E-state index in [9.17, 15) is 9.18 Å². The highest BCUT2D eigenvalue weighted by Gasteiger charge is 2.39. The Balaban J connectivity index is 1.76. The summed E-state index contributed by atoms with van der Waals surface area (Å²) in [6, 6.07) is 6.21. The van der Waals surface area contributed by atoms with E-state index in [1.54, 1.807) is 19.2 Å². The minimum absolute atomic E-state index is 0.0254. The normalized spacial score (nSPS) is 24.3. The number of nitrogens with zero attached hydrogens (tertiary/aromatic N) is 3. The Morgan fingerprint density at radius 1 is 1.42 bits per heavy atom. The highest BCUT2D eigenvalue weighted by molar-refractivity contribution is 5.82. The van der Waals surface area contributed by atoms with Crippen LogP contribution in [0, 0.1) is 17.1 Å². The molecule has 3 rings (SSSR count). The molecule has 2 aliphatic heterocycles. The summed E-state index contributed by atoms with van der Waals surface area (Å²) in [6.07, 6.45) is 2.83. The van der Waals surface area contributed by atoms with E-state index < -0.39 is 5.82 Å². The van der Waals surface area contributed by atoms with Crippen LogP contribution in [0.2, 0.25) is 0 Å². The molecule has 2 heterocycles. The van der Waals surface area contributed by atoms with Crippen molar-refractivity contribution in [3.05, 3.63) is 35.1 Å². The first-order chi connectivity index (χ1) is 11.6. The number of halogens is 1. The molecule has 2 fully saturated rings. The molecule has 128 valence electrons. The van der Waals surface area contributed by atoms with E-state index in [2.05, 4.69) is 4.90 Å². The van der Waals surface area contributed by atoms with Crippen LogP contribution in [0.5, 0.6) is 0 Å². The standard InChI is InChI=1S/C18H22FN3O2/c1-24-15-9-17(18(23)21-6-2-3-7-21)22(12-15)11-13-4-5-16(19)14(8-13)10-20/h4-5,8,15,17H,2-3,6-7,9,11-12H2,1H3/t15-,17-/m0/s1. The lowest BCUT2D eigenvalue weighted by Gasteiger charge is -2.27. The second-order valence-electron chi connectivity index (χ2n) is 6.50. The van der Waals surface area contributed by atoms with Gasteiger partial charge < -0.3 is 9.64 Å². The summed E-state index contributed by atoms with van der Waals surface area (Å²) in [5.41, 5.74) is 0.876. The van der Waals surface area contributed by atoms with Gasteiger partial charge in [-0.25, -0.2) is 4.39 Å². The van der Waals surface area contributed by atoms with Gasteiger partial charge in [-0.15, -0.1) is 0 Å². The van der Waals surface area contributed by atoms with Crippen molar-refractivity contribution >= 4 is 5.91 Å². The number of ether oxygens (including phenoxy) is 1. The molecular weight excluding hydrogens is 309 g/mol. The molecule has 0 saturated carbocycles. The van der Waals surface area contributed by atoms with Crippen molar-refractivity contribution in [1.82, 2.24) is 9.80 Å². The van der Waals surface area contributed by atoms with Crippen LogP contribution < -0.4 is 0 Å². The quantitative estimate of drug-likeness (QED) is 0.846. The summed E-state index contributed by atoms with van der Waals surface area (Å²) in [4.78, 5) is 16.8. The maximum Gasteiger partial charge on any atom is 0.240 e. The third kappa shape index (κ3) is 3.42. The van der Waals surface area contributed by atoms with Gasteiger partial charge in [0.1, 0.15) is 11.9 Å². The van der Waals surface area contributed by atoms with E-state index in [-0.39, 0.29) is 23.6 Å². The first kappa shape index (κ1) is 16.9. The lowest BCUT2D eigenvalue weighted by molar-refractivity contribution is -0.135. The number of hydrogen-bond donors (Lipinski definition) is 0. The number of amides is 1. The average molecular weight is 331 g/mol. The molecule has 0 bridgehead atoms. The fourth-order valence-electron chi connectivity index (χ4n) is 3.60. The summed E-state index contributed by atoms with van der Waals surface area (Å²) >= 11 is 0. The Morgan fingerprint density at radius 3 is 2.83 bits per heavy atom. The molecule has 0 spiro atoms. The number of likely N-dealkylation sites (tertiary alicyclic amines) is 2. The van der Waals surface area contributed by atoms with Crippen LogP contribution in [0.25, 0.3) is 0 Å². The molecule has 0 N–H and O–H groups in total. The largest absolute Gasteiger partial charge is 0.380 e. The first-order valence-corrected chi connectivity index (χ1v) is 8.36. The number of methoxy groups -OCH3 is 1. The Labute approximate surface area is 141 Å². The van der Waals surface area contributed by atoms with Gasteiger partial charge in [0.2, 0.25) is 5.91 Å². The molecule has 2 atom stereocenters. The van der Waals surface area contributed by atoms with Gasteiger partial charge in [0.05, 0.1) is 17.7 Å². The zero-order valence-corrected chi connectivity index (χ0v) is 13.9. The van der Waals surface area contributed by atoms with E-state index in [0.717, 1.165) is 31.5 Å². The average Bonchev–Trinajstić information content (AvgIpc) is 3.25. The molecule has 0 radical (unpaired) electrons. The number of carbonyl (C=O) groups is 1. The summed E-state index contributed by atoms with van der Waals surface area (Å²) in [5.74, 6) is -0.350. The molecule has 2 saturated heterocycles. The number of rotatable bonds is 4. The number of hydrogen-bond acceptors (Lipinski definition) is 4. The van der Waals surface area contributed by atoms with Crippen LogP contribution in [0.15, 0.2) is 18.2 Å². The molecule has 24 heavy (non-hydrogen) atoms. The van der Waals surface area contributed by atoms with E-state index in [0.29, 0.717) is 19.5 Å². The van der Waals surface area contributed by atoms with Crippen molar-refractivity contribution in [1.29, 1.82) is 5.26 Å². The van der Waals surface area contributed by atoms with Crippen molar-refractivity contribution in [3.8, 4) is 6.07 Å². The van der Waals surface area contributed by atoms with E-state index in [1.165, 1.54) is 6.07 Å². The van der Waals surface area contributed by atoms with Crippen LogP contribution >= 0.6 is 0 Å². The Kier molecular flexibility index (Phi) is 5.12. The van der Waals surface area contributed by atoms with E-state index >= 15 is 0 Å². The SMILES string of the molecule is CO[C@H]1C[C@@H](C(=O)N2CCCC2)N(Cc2ccc(F)c(C#N)c2)C1. The fraction of sp³-hybridized carbons (Fsp3) is 0.556. The molecule has 1 aromatic carbocycles. The third-order valence-corrected chi connectivity index (χ3v) is 4.94. The zero-order valence-electron chi connectivity index (χ0n) is 13.9. The third-order valence-electron chi connectivity index (χ3n) is 4.94. The molecule has 6 heteroatoms. The second kappa shape index (κ2) is 7.29. The Morgan fingerprint density at radius 2 is 2.17 bits per heavy atom. The van der Waals surface area contributed by atoms with Gasteiger partial charge in [0.25, 0.3) is 0 Å². The molecule has 0 unspecified atom stereocenters. The van der Waals surface area contributed by atoms with E-state index in [4.69, 9.17) is 10.00 Å². The van der Waals surface area contributed by atoms with Crippen molar-refractivity contribution in [2.75, 3.05) is 26.7 Å². The topological polar surface area (TPSA) is 56.6 Å².